The molecule has 184 valence electrons. The molecule has 0 fully saturated rings. The highest BCUT2D eigenvalue weighted by Crippen LogP contribution is 2.46. The zero-order chi connectivity index (χ0) is 25.8. The van der Waals surface area contributed by atoms with Crippen LogP contribution in [0.3, 0.4) is 0 Å². The van der Waals surface area contributed by atoms with Crippen LogP contribution in [0, 0.1) is 12.0 Å². The summed E-state index contributed by atoms with van der Waals surface area (Å²) >= 11 is 0. The van der Waals surface area contributed by atoms with Crippen LogP contribution in [0.4, 0.5) is 5.69 Å². The predicted molar refractivity (Wildman–Crippen MR) is 157 cm³/mol. The van der Waals surface area contributed by atoms with Crippen LogP contribution in [-0.4, -0.2) is 16.3 Å². The molecule has 2 aromatic heterocycles. The van der Waals surface area contributed by atoms with Gasteiger partial charge in [0.2, 0.25) is 0 Å². The minimum absolute atomic E-state index is 0.534. The van der Waals surface area contributed by atoms with E-state index in [0.29, 0.717) is 11.6 Å². The Labute approximate surface area is 222 Å². The van der Waals surface area contributed by atoms with Gasteiger partial charge in [-0.3, -0.25) is 4.42 Å². The monoisotopic (exact) mass is 492 g/mol. The van der Waals surface area contributed by atoms with Gasteiger partial charge in [0.05, 0.1) is 12.3 Å². The highest BCUT2D eigenvalue weighted by atomic mass is 16.3. The van der Waals surface area contributed by atoms with Gasteiger partial charge in [0.15, 0.2) is 11.7 Å². The summed E-state index contributed by atoms with van der Waals surface area (Å²) in [5, 5.41) is 4.58. The largest absolute Gasteiger partial charge is 0.377 e. The van der Waals surface area contributed by atoms with Crippen molar-refractivity contribution in [3.63, 3.8) is 0 Å². The summed E-state index contributed by atoms with van der Waals surface area (Å²) in [4.78, 5) is 4.53. The van der Waals surface area contributed by atoms with Crippen LogP contribution in [0.15, 0.2) is 108 Å². The van der Waals surface area contributed by atoms with Crippen molar-refractivity contribution < 1.29 is 8.99 Å². The van der Waals surface area contributed by atoms with Gasteiger partial charge >= 0.3 is 5.71 Å². The van der Waals surface area contributed by atoms with Crippen LogP contribution in [0.1, 0.15) is 36.1 Å². The molecule has 0 saturated heterocycles. The van der Waals surface area contributed by atoms with Gasteiger partial charge in [0.25, 0.3) is 5.58 Å². The fraction of sp³-hybridized carbons (Fsp3) is 0.114. The van der Waals surface area contributed by atoms with Crippen molar-refractivity contribution in [1.82, 2.24) is 4.98 Å². The topological polar surface area (TPSA) is 27.2 Å². The van der Waals surface area contributed by atoms with Gasteiger partial charge in [-0.15, -0.1) is 12.1 Å². The first kappa shape index (κ1) is 22.6. The van der Waals surface area contributed by atoms with E-state index in [1.54, 1.807) is 6.20 Å². The Bertz CT molecular complexity index is 1890. The van der Waals surface area contributed by atoms with Crippen LogP contribution >= 0.6 is 0 Å². The Hall–Kier alpha value is -4.63. The Morgan fingerprint density at radius 1 is 0.895 bits per heavy atom. The predicted octanol–water partition coefficient (Wildman–Crippen LogP) is 8.70. The minimum Gasteiger partial charge on any atom is -0.268 e. The first-order valence-electron chi connectivity index (χ1n) is 13.2. The molecule has 0 radical (unpaired) electrons. The SMILES string of the molecule is C=[N+]1c2ccc3ccccc3c2C(c2ccccc2)=C[C-]1c1cc(CC(C)C)cc2c1[o+][c-]1ncccc21. The molecule has 1 aliphatic heterocycles. The Morgan fingerprint density at radius 2 is 1.71 bits per heavy atom. The maximum atomic E-state index is 6.43. The fourth-order valence-corrected chi connectivity index (χ4v) is 5.81. The van der Waals surface area contributed by atoms with E-state index < -0.39 is 0 Å². The number of fused-ring (bicyclic) bond motifs is 6. The number of hydrogen-bond donors (Lipinski definition) is 0. The second kappa shape index (κ2) is 8.74. The molecule has 4 aromatic carbocycles. The van der Waals surface area contributed by atoms with E-state index in [9.17, 15) is 0 Å². The molecule has 0 amide bonds. The molecule has 0 bridgehead atoms. The number of nitrogens with zero attached hydrogens (tertiary/aromatic N) is 2. The normalized spacial score (nSPS) is 13.5. The molecule has 3 heteroatoms. The van der Waals surface area contributed by atoms with E-state index in [0.717, 1.165) is 40.1 Å². The Morgan fingerprint density at radius 3 is 2.55 bits per heavy atom. The molecule has 0 unspecified atom stereocenters. The number of rotatable bonds is 4. The molecule has 7 rings (SSSR count). The molecule has 3 heterocycles. The summed E-state index contributed by atoms with van der Waals surface area (Å²) in [6.07, 6.45) is 5.05. The van der Waals surface area contributed by atoms with E-state index in [1.165, 1.54) is 33.0 Å². The standard InChI is InChI=1S/C35H28N2O/c1-22(2)18-23-19-29-27-14-9-17-36-35(27)38-34(29)30(20-23)32-21-28(24-10-5-4-6-11-24)33-26-13-8-7-12-25(26)15-16-31(33)37(32)3/h4-17,19-22H,3,18H2,1-2H3. The molecule has 0 saturated carbocycles. The summed E-state index contributed by atoms with van der Waals surface area (Å²) in [6.45, 7) is 9.10. The summed E-state index contributed by atoms with van der Waals surface area (Å²) in [5.74, 6) is 0.534. The van der Waals surface area contributed by atoms with Crippen LogP contribution in [-0.2, 0) is 6.42 Å². The van der Waals surface area contributed by atoms with Crippen molar-refractivity contribution in [3.05, 3.63) is 132 Å². The quantitative estimate of drug-likeness (QED) is 0.140. The number of pyridine rings is 1. The van der Waals surface area contributed by atoms with Crippen LogP contribution in [0.5, 0.6) is 0 Å². The van der Waals surface area contributed by atoms with Gasteiger partial charge in [-0.25, -0.2) is 9.56 Å². The lowest BCUT2D eigenvalue weighted by Gasteiger charge is -2.28. The summed E-state index contributed by atoms with van der Waals surface area (Å²) in [6, 6.07) is 33.2. The zero-order valence-corrected chi connectivity index (χ0v) is 21.6. The molecule has 3 nitrogen and oxygen atoms in total. The van der Waals surface area contributed by atoms with Gasteiger partial charge in [-0.05, 0) is 52.4 Å². The van der Waals surface area contributed by atoms with Crippen LogP contribution < -0.4 is 0 Å². The van der Waals surface area contributed by atoms with Crippen molar-refractivity contribution >= 4 is 50.8 Å². The maximum Gasteiger partial charge on any atom is 0.377 e. The van der Waals surface area contributed by atoms with Gasteiger partial charge in [0.1, 0.15) is 0 Å². The molecule has 38 heavy (non-hydrogen) atoms. The Balaban J connectivity index is 1.54. The highest BCUT2D eigenvalue weighted by molar-refractivity contribution is 6.07. The summed E-state index contributed by atoms with van der Waals surface area (Å²) in [7, 11) is 0. The third-order valence-corrected chi connectivity index (χ3v) is 7.45. The van der Waals surface area contributed by atoms with Crippen molar-refractivity contribution in [2.75, 3.05) is 0 Å². The summed E-state index contributed by atoms with van der Waals surface area (Å²) < 4.78 is 8.50. The average Bonchev–Trinajstić information content (AvgIpc) is 3.32. The van der Waals surface area contributed by atoms with Crippen LogP contribution in [0.25, 0.3) is 38.4 Å². The number of benzene rings is 4. The Kier molecular flexibility index (Phi) is 5.19. The number of furan rings is 1. The van der Waals surface area contributed by atoms with E-state index in [1.807, 2.05) is 6.07 Å². The lowest BCUT2D eigenvalue weighted by molar-refractivity contribution is -0.400. The second-order valence-corrected chi connectivity index (χ2v) is 10.5. The fourth-order valence-electron chi connectivity index (χ4n) is 5.81. The smallest absolute Gasteiger partial charge is 0.268 e. The van der Waals surface area contributed by atoms with Crippen LogP contribution in [0.2, 0.25) is 0 Å². The third kappa shape index (κ3) is 3.54. The first-order valence-corrected chi connectivity index (χ1v) is 13.2. The second-order valence-electron chi connectivity index (χ2n) is 10.5. The van der Waals surface area contributed by atoms with E-state index in [2.05, 4.69) is 121 Å². The molecule has 0 atom stereocenters. The van der Waals surface area contributed by atoms with Gasteiger partial charge in [-0.1, -0.05) is 97.8 Å². The van der Waals surface area contributed by atoms with Crippen molar-refractivity contribution in [2.24, 2.45) is 5.92 Å². The number of hydrogen-bond acceptors (Lipinski definition) is 1. The van der Waals surface area contributed by atoms with E-state index in [-0.39, 0.29) is 0 Å². The van der Waals surface area contributed by atoms with Crippen molar-refractivity contribution in [1.29, 1.82) is 0 Å². The van der Waals surface area contributed by atoms with Gasteiger partial charge in [0, 0.05) is 10.9 Å². The van der Waals surface area contributed by atoms with E-state index >= 15 is 0 Å². The molecule has 0 spiro atoms. The molecule has 1 aliphatic rings. The minimum atomic E-state index is 0.534. The lowest BCUT2D eigenvalue weighted by atomic mass is 9.85. The van der Waals surface area contributed by atoms with Gasteiger partial charge in [-0.2, -0.15) is 0 Å². The van der Waals surface area contributed by atoms with Gasteiger partial charge < -0.3 is 0 Å². The first-order chi connectivity index (χ1) is 18.6. The average molecular weight is 493 g/mol. The molecular weight excluding hydrogens is 464 g/mol. The zero-order valence-electron chi connectivity index (χ0n) is 21.6. The van der Waals surface area contributed by atoms with E-state index in [4.69, 9.17) is 4.42 Å². The molecule has 0 aliphatic carbocycles. The molecule has 6 aromatic rings. The highest BCUT2D eigenvalue weighted by Gasteiger charge is 2.32. The van der Waals surface area contributed by atoms with Crippen molar-refractivity contribution in [3.8, 4) is 0 Å². The molecule has 0 N–H and O–H groups in total. The number of aromatic nitrogens is 1. The van der Waals surface area contributed by atoms with Crippen molar-refractivity contribution in [2.45, 2.75) is 20.3 Å². The third-order valence-electron chi connectivity index (χ3n) is 7.45. The summed E-state index contributed by atoms with van der Waals surface area (Å²) in [5.41, 5.74) is 8.48. The lowest BCUT2D eigenvalue weighted by Crippen LogP contribution is -2.18. The maximum absolute atomic E-state index is 6.43. The molecular formula is C35H28N2O.